The second kappa shape index (κ2) is 7.43. The van der Waals surface area contributed by atoms with Gasteiger partial charge in [0.2, 0.25) is 0 Å². The van der Waals surface area contributed by atoms with Gasteiger partial charge in [-0.3, -0.25) is 0 Å². The highest BCUT2D eigenvalue weighted by atomic mass is 79.9. The van der Waals surface area contributed by atoms with Crippen molar-refractivity contribution < 1.29 is 0 Å². The van der Waals surface area contributed by atoms with Crippen LogP contribution >= 0.6 is 27.3 Å². The van der Waals surface area contributed by atoms with Crippen molar-refractivity contribution in [1.82, 2.24) is 4.98 Å². The van der Waals surface area contributed by atoms with Crippen LogP contribution in [0.2, 0.25) is 0 Å². The molecular weight excluding hydrogens is 382 g/mol. The fourth-order valence-corrected chi connectivity index (χ4v) is 3.32. The normalized spacial score (nSPS) is 11.1. The van der Waals surface area contributed by atoms with Gasteiger partial charge in [0.25, 0.3) is 0 Å². The van der Waals surface area contributed by atoms with E-state index in [1.54, 1.807) is 6.20 Å². The fourth-order valence-electron chi connectivity index (χ4n) is 2.13. The topological polar surface area (TPSA) is 48.7 Å². The molecule has 3 aromatic rings. The predicted molar refractivity (Wildman–Crippen MR) is 104 cm³/mol. The Bertz CT molecular complexity index is 920. The lowest BCUT2D eigenvalue weighted by Crippen LogP contribution is -1.91. The van der Waals surface area contributed by atoms with Crippen LogP contribution in [0.25, 0.3) is 16.8 Å². The van der Waals surface area contributed by atoms with Crippen LogP contribution in [0.1, 0.15) is 10.6 Å². The number of aryl methyl sites for hydroxylation is 1. The standard InChI is InChI=1S/C19H14BrN3S/c1-13-5-7-14(8-6-13)18-12-24-19(23-18)15(10-21)11-22-17-4-2-3-16(20)9-17/h2-9,11-12,22H,1H3/b15-11-. The lowest BCUT2D eigenvalue weighted by atomic mass is 10.1. The Hall–Kier alpha value is -2.42. The fraction of sp³-hybridized carbons (Fsp3) is 0.0526. The van der Waals surface area contributed by atoms with Gasteiger partial charge in [0, 0.05) is 27.3 Å². The van der Waals surface area contributed by atoms with E-state index < -0.39 is 0 Å². The Labute approximate surface area is 153 Å². The van der Waals surface area contributed by atoms with Gasteiger partial charge in [0.05, 0.1) is 5.69 Å². The van der Waals surface area contributed by atoms with Gasteiger partial charge in [-0.2, -0.15) is 5.26 Å². The van der Waals surface area contributed by atoms with E-state index in [0.29, 0.717) is 10.6 Å². The first kappa shape index (κ1) is 16.4. The van der Waals surface area contributed by atoms with E-state index >= 15 is 0 Å². The van der Waals surface area contributed by atoms with E-state index in [-0.39, 0.29) is 0 Å². The number of hydrogen-bond donors (Lipinski definition) is 1. The monoisotopic (exact) mass is 395 g/mol. The van der Waals surface area contributed by atoms with Gasteiger partial charge in [-0.25, -0.2) is 4.98 Å². The number of nitrogens with one attached hydrogen (secondary N) is 1. The molecule has 0 amide bonds. The second-order valence-corrected chi connectivity index (χ2v) is 7.00. The van der Waals surface area contributed by atoms with Crippen LogP contribution in [0, 0.1) is 18.3 Å². The van der Waals surface area contributed by atoms with Gasteiger partial charge >= 0.3 is 0 Å². The molecule has 0 aliphatic carbocycles. The van der Waals surface area contributed by atoms with E-state index in [0.717, 1.165) is 21.4 Å². The molecule has 0 spiro atoms. The minimum absolute atomic E-state index is 0.512. The summed E-state index contributed by atoms with van der Waals surface area (Å²) in [6.07, 6.45) is 1.69. The molecule has 0 aliphatic heterocycles. The third-order valence-corrected chi connectivity index (χ3v) is 4.78. The van der Waals surface area contributed by atoms with Gasteiger partial charge in [0.1, 0.15) is 16.6 Å². The molecular formula is C19H14BrN3S. The first-order valence-corrected chi connectivity index (χ1v) is 8.98. The summed E-state index contributed by atoms with van der Waals surface area (Å²) in [5, 5.41) is 15.3. The number of rotatable bonds is 4. The van der Waals surface area contributed by atoms with Crippen LogP contribution in [0.5, 0.6) is 0 Å². The summed E-state index contributed by atoms with van der Waals surface area (Å²) < 4.78 is 0.982. The van der Waals surface area contributed by atoms with Crippen molar-refractivity contribution in [2.24, 2.45) is 0 Å². The minimum atomic E-state index is 0.512. The quantitative estimate of drug-likeness (QED) is 0.562. The summed E-state index contributed by atoms with van der Waals surface area (Å²) in [5.41, 5.74) is 4.58. The van der Waals surface area contributed by atoms with Crippen LogP contribution in [0.15, 0.2) is 64.6 Å². The van der Waals surface area contributed by atoms with Crippen molar-refractivity contribution in [3.8, 4) is 17.3 Å². The summed E-state index contributed by atoms with van der Waals surface area (Å²) in [6, 6.07) is 18.2. The number of aromatic nitrogens is 1. The predicted octanol–water partition coefficient (Wildman–Crippen LogP) is 5.86. The Balaban J connectivity index is 1.82. The molecule has 0 bridgehead atoms. The maximum absolute atomic E-state index is 9.43. The molecule has 0 unspecified atom stereocenters. The van der Waals surface area contributed by atoms with E-state index in [9.17, 15) is 5.26 Å². The van der Waals surface area contributed by atoms with Crippen molar-refractivity contribution in [2.45, 2.75) is 6.92 Å². The maximum Gasteiger partial charge on any atom is 0.136 e. The molecule has 0 radical (unpaired) electrons. The van der Waals surface area contributed by atoms with Crippen molar-refractivity contribution in [3.05, 3.63) is 75.2 Å². The molecule has 3 rings (SSSR count). The van der Waals surface area contributed by atoms with Gasteiger partial charge in [-0.1, -0.05) is 51.8 Å². The summed E-state index contributed by atoms with van der Waals surface area (Å²) >= 11 is 4.90. The second-order valence-electron chi connectivity index (χ2n) is 5.23. The minimum Gasteiger partial charge on any atom is -0.360 e. The number of benzene rings is 2. The number of nitrogens with zero attached hydrogens (tertiary/aromatic N) is 2. The molecule has 0 fully saturated rings. The van der Waals surface area contributed by atoms with Gasteiger partial charge < -0.3 is 5.32 Å². The molecule has 0 atom stereocenters. The zero-order chi connectivity index (χ0) is 16.9. The molecule has 0 saturated carbocycles. The Morgan fingerprint density at radius 2 is 2.04 bits per heavy atom. The molecule has 1 heterocycles. The Kier molecular flexibility index (Phi) is 5.09. The number of hydrogen-bond acceptors (Lipinski definition) is 4. The van der Waals surface area contributed by atoms with Crippen LogP contribution in [0.4, 0.5) is 5.69 Å². The highest BCUT2D eigenvalue weighted by Gasteiger charge is 2.09. The molecule has 24 heavy (non-hydrogen) atoms. The first-order valence-electron chi connectivity index (χ1n) is 7.31. The van der Waals surface area contributed by atoms with Crippen LogP contribution < -0.4 is 5.32 Å². The summed E-state index contributed by atoms with van der Waals surface area (Å²) in [5.74, 6) is 0. The van der Waals surface area contributed by atoms with Crippen molar-refractivity contribution in [1.29, 1.82) is 5.26 Å². The highest BCUT2D eigenvalue weighted by Crippen LogP contribution is 2.26. The summed E-state index contributed by atoms with van der Waals surface area (Å²) in [6.45, 7) is 2.06. The smallest absolute Gasteiger partial charge is 0.136 e. The number of halogens is 1. The van der Waals surface area contributed by atoms with Crippen molar-refractivity contribution >= 4 is 38.5 Å². The van der Waals surface area contributed by atoms with Gasteiger partial charge in [-0.15, -0.1) is 11.3 Å². The number of nitriles is 1. The largest absolute Gasteiger partial charge is 0.360 e. The molecule has 0 aliphatic rings. The van der Waals surface area contributed by atoms with Crippen LogP contribution in [-0.4, -0.2) is 4.98 Å². The number of allylic oxidation sites excluding steroid dienone is 1. The highest BCUT2D eigenvalue weighted by molar-refractivity contribution is 9.10. The number of thiazole rings is 1. The third-order valence-electron chi connectivity index (χ3n) is 3.41. The van der Waals surface area contributed by atoms with E-state index in [4.69, 9.17) is 0 Å². The lowest BCUT2D eigenvalue weighted by molar-refractivity contribution is 1.36. The first-order chi connectivity index (χ1) is 11.7. The molecule has 1 aromatic heterocycles. The molecule has 118 valence electrons. The maximum atomic E-state index is 9.43. The zero-order valence-electron chi connectivity index (χ0n) is 13.0. The average molecular weight is 396 g/mol. The van der Waals surface area contributed by atoms with Crippen LogP contribution in [0.3, 0.4) is 0 Å². The van der Waals surface area contributed by atoms with Gasteiger partial charge in [-0.05, 0) is 25.1 Å². The van der Waals surface area contributed by atoms with Crippen molar-refractivity contribution in [2.75, 3.05) is 5.32 Å². The van der Waals surface area contributed by atoms with Crippen molar-refractivity contribution in [3.63, 3.8) is 0 Å². The molecule has 0 saturated heterocycles. The number of anilines is 1. The lowest BCUT2D eigenvalue weighted by Gasteiger charge is -2.01. The molecule has 3 nitrogen and oxygen atoms in total. The van der Waals surface area contributed by atoms with E-state index in [1.807, 2.05) is 41.8 Å². The average Bonchev–Trinajstić information content (AvgIpc) is 3.06. The zero-order valence-corrected chi connectivity index (χ0v) is 15.4. The summed E-state index contributed by atoms with van der Waals surface area (Å²) in [4.78, 5) is 4.59. The summed E-state index contributed by atoms with van der Waals surface area (Å²) in [7, 11) is 0. The molecule has 2 aromatic carbocycles. The Morgan fingerprint density at radius 1 is 1.25 bits per heavy atom. The third kappa shape index (κ3) is 3.91. The Morgan fingerprint density at radius 3 is 2.75 bits per heavy atom. The van der Waals surface area contributed by atoms with Gasteiger partial charge in [0.15, 0.2) is 0 Å². The van der Waals surface area contributed by atoms with Crippen LogP contribution in [-0.2, 0) is 0 Å². The molecule has 1 N–H and O–H groups in total. The molecule has 5 heteroatoms. The SMILES string of the molecule is Cc1ccc(-c2csc(/C(C#N)=C\Nc3cccc(Br)c3)n2)cc1. The van der Waals surface area contributed by atoms with E-state index in [1.165, 1.54) is 16.9 Å². The van der Waals surface area contributed by atoms with E-state index in [2.05, 4.69) is 51.4 Å².